The van der Waals surface area contributed by atoms with Crippen molar-refractivity contribution in [1.82, 2.24) is 24.5 Å². The normalized spacial score (nSPS) is 17.8. The molecule has 0 spiro atoms. The van der Waals surface area contributed by atoms with Gasteiger partial charge in [0.1, 0.15) is 0 Å². The van der Waals surface area contributed by atoms with Gasteiger partial charge in [-0.25, -0.2) is 4.68 Å². The summed E-state index contributed by atoms with van der Waals surface area (Å²) in [6.07, 6.45) is 0.414. The van der Waals surface area contributed by atoms with E-state index < -0.39 is 0 Å². The number of benzene rings is 1. The standard InChI is InChI=1S/C24H34N6O3/c1-19-24(20(2)30(26-19)21-6-4-3-5-7-21)25-22(31)8-9-27-10-12-29(13-11-27)23(32)18-28-14-16-33-17-15-28/h3-7H,8-18H2,1-2H3,(H,25,31). The number of morpholine rings is 1. The number of aryl methyl sites for hydroxylation is 1. The Kier molecular flexibility index (Phi) is 7.74. The van der Waals surface area contributed by atoms with Crippen molar-refractivity contribution in [2.45, 2.75) is 20.3 Å². The first-order valence-corrected chi connectivity index (χ1v) is 11.7. The van der Waals surface area contributed by atoms with Crippen LogP contribution >= 0.6 is 0 Å². The minimum atomic E-state index is -0.0142. The van der Waals surface area contributed by atoms with Crippen LogP contribution in [0.1, 0.15) is 17.8 Å². The van der Waals surface area contributed by atoms with Crippen molar-refractivity contribution in [3.05, 3.63) is 41.7 Å². The quantitative estimate of drug-likeness (QED) is 0.679. The molecular weight excluding hydrogens is 420 g/mol. The molecule has 9 heteroatoms. The van der Waals surface area contributed by atoms with Crippen LogP contribution in [0.3, 0.4) is 0 Å². The number of hydrogen-bond acceptors (Lipinski definition) is 6. The molecule has 0 radical (unpaired) electrons. The van der Waals surface area contributed by atoms with Gasteiger partial charge in [0.05, 0.1) is 42.5 Å². The van der Waals surface area contributed by atoms with Crippen molar-refractivity contribution in [2.75, 3.05) is 70.9 Å². The third-order valence-corrected chi connectivity index (χ3v) is 6.40. The minimum absolute atomic E-state index is 0.0142. The van der Waals surface area contributed by atoms with Crippen LogP contribution in [-0.4, -0.2) is 102 Å². The van der Waals surface area contributed by atoms with E-state index >= 15 is 0 Å². The van der Waals surface area contributed by atoms with Gasteiger partial charge in [-0.3, -0.25) is 19.4 Å². The number of para-hydroxylation sites is 1. The van der Waals surface area contributed by atoms with Crippen molar-refractivity contribution >= 4 is 17.5 Å². The van der Waals surface area contributed by atoms with E-state index in [1.54, 1.807) is 0 Å². The first-order valence-electron chi connectivity index (χ1n) is 11.7. The smallest absolute Gasteiger partial charge is 0.236 e. The second-order valence-corrected chi connectivity index (χ2v) is 8.70. The highest BCUT2D eigenvalue weighted by atomic mass is 16.5. The molecule has 2 saturated heterocycles. The average molecular weight is 455 g/mol. The summed E-state index contributed by atoms with van der Waals surface area (Å²) in [7, 11) is 0. The number of nitrogens with one attached hydrogen (secondary N) is 1. The summed E-state index contributed by atoms with van der Waals surface area (Å²) in [5.41, 5.74) is 3.47. The van der Waals surface area contributed by atoms with Gasteiger partial charge < -0.3 is 15.0 Å². The number of amides is 2. The summed E-state index contributed by atoms with van der Waals surface area (Å²) in [6, 6.07) is 9.91. The maximum absolute atomic E-state index is 12.6. The molecule has 9 nitrogen and oxygen atoms in total. The van der Waals surface area contributed by atoms with Crippen LogP contribution in [0.4, 0.5) is 5.69 Å². The van der Waals surface area contributed by atoms with Gasteiger partial charge in [0.2, 0.25) is 11.8 Å². The Bertz CT molecular complexity index is 947. The molecule has 0 atom stereocenters. The fourth-order valence-electron chi connectivity index (χ4n) is 4.38. The van der Waals surface area contributed by atoms with Gasteiger partial charge in [0.25, 0.3) is 0 Å². The maximum atomic E-state index is 12.6. The van der Waals surface area contributed by atoms with Crippen LogP contribution < -0.4 is 5.32 Å². The van der Waals surface area contributed by atoms with Gasteiger partial charge in [-0.2, -0.15) is 5.10 Å². The minimum Gasteiger partial charge on any atom is -0.379 e. The molecule has 2 aliphatic heterocycles. The monoisotopic (exact) mass is 454 g/mol. The van der Waals surface area contributed by atoms with Gasteiger partial charge in [0.15, 0.2) is 0 Å². The molecule has 1 N–H and O–H groups in total. The van der Waals surface area contributed by atoms with Crippen LogP contribution in [0.5, 0.6) is 0 Å². The second kappa shape index (κ2) is 10.9. The molecule has 2 fully saturated rings. The summed E-state index contributed by atoms with van der Waals surface area (Å²) < 4.78 is 7.21. The highest BCUT2D eigenvalue weighted by Gasteiger charge is 2.24. The highest BCUT2D eigenvalue weighted by Crippen LogP contribution is 2.23. The van der Waals surface area contributed by atoms with E-state index in [0.717, 1.165) is 48.9 Å². The first kappa shape index (κ1) is 23.4. The fraction of sp³-hybridized carbons (Fsp3) is 0.542. The molecule has 0 saturated carbocycles. The number of piperazine rings is 1. The van der Waals surface area contributed by atoms with Crippen LogP contribution in [0.2, 0.25) is 0 Å². The van der Waals surface area contributed by atoms with E-state index in [2.05, 4.69) is 20.2 Å². The number of carbonyl (C=O) groups is 2. The lowest BCUT2D eigenvalue weighted by molar-refractivity contribution is -0.135. The van der Waals surface area contributed by atoms with Crippen molar-refractivity contribution in [2.24, 2.45) is 0 Å². The van der Waals surface area contributed by atoms with Gasteiger partial charge in [-0.1, -0.05) is 18.2 Å². The molecule has 0 unspecified atom stereocenters. The zero-order chi connectivity index (χ0) is 23.2. The van der Waals surface area contributed by atoms with Crippen LogP contribution in [0.15, 0.2) is 30.3 Å². The summed E-state index contributed by atoms with van der Waals surface area (Å²) in [5.74, 6) is 0.176. The molecule has 33 heavy (non-hydrogen) atoms. The van der Waals surface area contributed by atoms with Crippen molar-refractivity contribution in [3.8, 4) is 5.69 Å². The van der Waals surface area contributed by atoms with Crippen LogP contribution in [0.25, 0.3) is 5.69 Å². The maximum Gasteiger partial charge on any atom is 0.236 e. The lowest BCUT2D eigenvalue weighted by Crippen LogP contribution is -2.52. The third-order valence-electron chi connectivity index (χ3n) is 6.40. The van der Waals surface area contributed by atoms with Gasteiger partial charge >= 0.3 is 0 Å². The molecule has 178 valence electrons. The number of ether oxygens (including phenoxy) is 1. The lowest BCUT2D eigenvalue weighted by atomic mass is 10.2. The van der Waals surface area contributed by atoms with Crippen LogP contribution in [-0.2, 0) is 14.3 Å². The molecule has 2 amide bonds. The number of anilines is 1. The Hall–Kier alpha value is -2.75. The fourth-order valence-corrected chi connectivity index (χ4v) is 4.38. The molecule has 0 aliphatic carbocycles. The number of aromatic nitrogens is 2. The van der Waals surface area contributed by atoms with E-state index in [0.29, 0.717) is 45.8 Å². The Labute approximate surface area is 195 Å². The van der Waals surface area contributed by atoms with Crippen LogP contribution in [0, 0.1) is 13.8 Å². The SMILES string of the molecule is Cc1nn(-c2ccccc2)c(C)c1NC(=O)CCN1CCN(C(=O)CN2CCOCC2)CC1. The summed E-state index contributed by atoms with van der Waals surface area (Å²) in [5, 5.41) is 7.65. The number of nitrogens with zero attached hydrogens (tertiary/aromatic N) is 5. The molecule has 2 aliphatic rings. The number of hydrogen-bond donors (Lipinski definition) is 1. The zero-order valence-electron chi connectivity index (χ0n) is 19.6. The molecule has 2 aromatic rings. The van der Waals surface area contributed by atoms with Crippen molar-refractivity contribution < 1.29 is 14.3 Å². The van der Waals surface area contributed by atoms with E-state index in [9.17, 15) is 9.59 Å². The molecule has 1 aromatic carbocycles. The van der Waals surface area contributed by atoms with E-state index in [1.807, 2.05) is 53.8 Å². The summed E-state index contributed by atoms with van der Waals surface area (Å²) in [4.78, 5) is 31.6. The molecule has 4 rings (SSSR count). The van der Waals surface area contributed by atoms with Gasteiger partial charge in [-0.05, 0) is 26.0 Å². The molecular formula is C24H34N6O3. The average Bonchev–Trinajstić information content (AvgIpc) is 3.12. The third kappa shape index (κ3) is 5.98. The summed E-state index contributed by atoms with van der Waals surface area (Å²) >= 11 is 0. The van der Waals surface area contributed by atoms with Crippen molar-refractivity contribution in [1.29, 1.82) is 0 Å². The first-order chi connectivity index (χ1) is 16.0. The highest BCUT2D eigenvalue weighted by molar-refractivity contribution is 5.92. The number of rotatable bonds is 7. The Morgan fingerprint density at radius 3 is 2.36 bits per heavy atom. The van der Waals surface area contributed by atoms with Gasteiger partial charge in [0, 0.05) is 52.2 Å². The molecule has 3 heterocycles. The lowest BCUT2D eigenvalue weighted by Gasteiger charge is -2.36. The predicted molar refractivity (Wildman–Crippen MR) is 127 cm³/mol. The largest absolute Gasteiger partial charge is 0.379 e. The Morgan fingerprint density at radius 2 is 1.67 bits per heavy atom. The van der Waals surface area contributed by atoms with Gasteiger partial charge in [-0.15, -0.1) is 0 Å². The topological polar surface area (TPSA) is 82.9 Å². The van der Waals surface area contributed by atoms with Crippen molar-refractivity contribution in [3.63, 3.8) is 0 Å². The molecule has 0 bridgehead atoms. The Morgan fingerprint density at radius 1 is 0.970 bits per heavy atom. The predicted octanol–water partition coefficient (Wildman–Crippen LogP) is 1.29. The summed E-state index contributed by atoms with van der Waals surface area (Å²) in [6.45, 7) is 11.1. The van der Waals surface area contributed by atoms with E-state index in [-0.39, 0.29) is 11.8 Å². The number of carbonyl (C=O) groups excluding carboxylic acids is 2. The van der Waals surface area contributed by atoms with E-state index in [1.165, 1.54) is 0 Å². The molecule has 1 aromatic heterocycles. The second-order valence-electron chi connectivity index (χ2n) is 8.70. The van der Waals surface area contributed by atoms with E-state index in [4.69, 9.17) is 4.74 Å². The Balaban J connectivity index is 1.22. The zero-order valence-corrected chi connectivity index (χ0v) is 19.6.